The Morgan fingerprint density at radius 2 is 1.85 bits per heavy atom. The summed E-state index contributed by atoms with van der Waals surface area (Å²) < 4.78 is 62.2. The number of aromatic nitrogens is 1. The first-order valence-corrected chi connectivity index (χ1v) is 6.14. The minimum Gasteiger partial charge on any atom is -0.440 e. The monoisotopic (exact) mass is 266 g/mol. The second-order valence-electron chi connectivity index (χ2n) is 4.36. The van der Waals surface area contributed by atoms with E-state index in [4.69, 9.17) is 14.0 Å². The second kappa shape index (κ2) is 4.49. The average Bonchev–Trinajstić information content (AvgIpc) is 3.07. The highest BCUT2D eigenvalue weighted by Gasteiger charge is 2.08. The van der Waals surface area contributed by atoms with Crippen molar-refractivity contribution < 1.29 is 14.0 Å². The van der Waals surface area contributed by atoms with Gasteiger partial charge in [-0.1, -0.05) is 54.4 Å². The van der Waals surface area contributed by atoms with Gasteiger partial charge in [0.2, 0.25) is 0 Å². The van der Waals surface area contributed by atoms with Gasteiger partial charge in [0, 0.05) is 0 Å². The van der Waals surface area contributed by atoms with Gasteiger partial charge in [-0.25, -0.2) is 4.98 Å². The number of oxazole rings is 1. The number of para-hydroxylation sites is 2. The van der Waals surface area contributed by atoms with E-state index in [1.807, 2.05) is 6.07 Å². The van der Waals surface area contributed by atoms with Crippen LogP contribution >= 0.6 is 0 Å². The van der Waals surface area contributed by atoms with Gasteiger partial charge in [0.1, 0.15) is 5.52 Å². The van der Waals surface area contributed by atoms with Crippen LogP contribution in [0.3, 0.4) is 0 Å². The highest BCUT2D eigenvalue weighted by molar-refractivity contribution is 5.85. The van der Waals surface area contributed by atoms with Crippen molar-refractivity contribution in [1.29, 1.82) is 0 Å². The van der Waals surface area contributed by atoms with E-state index in [1.165, 1.54) is 0 Å². The predicted molar refractivity (Wildman–Crippen MR) is 80.8 cm³/mol. The van der Waals surface area contributed by atoms with Gasteiger partial charge in [-0.2, -0.15) is 0 Å². The topological polar surface area (TPSA) is 26.0 Å². The van der Waals surface area contributed by atoms with Crippen LogP contribution in [0.2, 0.25) is 0 Å². The van der Waals surface area contributed by atoms with Gasteiger partial charge in [0.05, 0.1) is 16.0 Å². The molecule has 0 aliphatic heterocycles. The normalized spacial score (nSPS) is 16.1. The molecule has 0 aliphatic rings. The largest absolute Gasteiger partial charge is 0.440 e. The number of rotatable bonds is 2. The molecular weight excluding hydrogens is 246 g/mol. The molecule has 0 bridgehead atoms. The highest BCUT2D eigenvalue weighted by atomic mass is 16.3. The molecule has 0 N–H and O–H groups in total. The smallest absolute Gasteiger partial charge is 0.199 e. The summed E-state index contributed by atoms with van der Waals surface area (Å²) in [5.41, 5.74) is 1.39. The molecule has 0 spiro atoms. The van der Waals surface area contributed by atoms with E-state index in [-0.39, 0.29) is 52.8 Å². The van der Waals surface area contributed by atoms with Gasteiger partial charge in [0.25, 0.3) is 0 Å². The predicted octanol–water partition coefficient (Wildman–Crippen LogP) is 4.57. The van der Waals surface area contributed by atoms with E-state index in [2.05, 4.69) is 4.98 Å². The first kappa shape index (κ1) is 6.23. The molecule has 0 saturated carbocycles. The van der Waals surface area contributed by atoms with E-state index in [0.717, 1.165) is 0 Å². The van der Waals surface area contributed by atoms with Crippen molar-refractivity contribution in [3.05, 3.63) is 78.0 Å². The van der Waals surface area contributed by atoms with Crippen molar-refractivity contribution in [1.82, 2.24) is 4.98 Å². The summed E-state index contributed by atoms with van der Waals surface area (Å²) in [5, 5.41) is 0.00219. The Bertz CT molecular complexity index is 1190. The summed E-state index contributed by atoms with van der Waals surface area (Å²) in [7, 11) is 0. The molecule has 4 aromatic rings. The maximum atomic E-state index is 8.26. The van der Waals surface area contributed by atoms with Gasteiger partial charge in [-0.15, -0.1) is 0 Å². The van der Waals surface area contributed by atoms with E-state index in [1.54, 1.807) is 18.2 Å². The molecule has 0 fully saturated rings. The summed E-state index contributed by atoms with van der Waals surface area (Å²) in [6.45, 7) is 0. The Morgan fingerprint density at radius 3 is 2.80 bits per heavy atom. The molecule has 1 aromatic heterocycles. The second-order valence-corrected chi connectivity index (χ2v) is 4.36. The average molecular weight is 266 g/mol. The Labute approximate surface area is 126 Å². The van der Waals surface area contributed by atoms with Crippen LogP contribution in [0.5, 0.6) is 0 Å². The Hall–Kier alpha value is -2.61. The van der Waals surface area contributed by atoms with Gasteiger partial charge < -0.3 is 4.42 Å². The van der Waals surface area contributed by atoms with Gasteiger partial charge in [0.15, 0.2) is 11.5 Å². The van der Waals surface area contributed by atoms with Crippen molar-refractivity contribution in [2.45, 2.75) is 6.42 Å². The number of benzene rings is 3. The molecule has 0 amide bonds. The molecule has 0 unspecified atom stereocenters. The minimum absolute atomic E-state index is 0.0156. The van der Waals surface area contributed by atoms with Crippen LogP contribution in [-0.4, -0.2) is 4.98 Å². The van der Waals surface area contributed by atoms with Crippen molar-refractivity contribution in [2.75, 3.05) is 0 Å². The molecule has 2 nitrogen and oxygen atoms in total. The molecule has 20 heavy (non-hydrogen) atoms. The van der Waals surface area contributed by atoms with E-state index < -0.39 is 18.1 Å². The Balaban J connectivity index is 2.04. The summed E-state index contributed by atoms with van der Waals surface area (Å²) in [6.07, 6.45) is -0.0156. The Morgan fingerprint density at radius 1 is 1.00 bits per heavy atom. The molecule has 2 heteroatoms. The number of fused-ring (bicyclic) bond motifs is 2. The van der Waals surface area contributed by atoms with Crippen LogP contribution in [0, 0.1) is 0 Å². The van der Waals surface area contributed by atoms with E-state index in [0.29, 0.717) is 11.1 Å². The number of hydrogen-bond acceptors (Lipinski definition) is 2. The van der Waals surface area contributed by atoms with Crippen LogP contribution < -0.4 is 0 Å². The van der Waals surface area contributed by atoms with Crippen LogP contribution in [0.1, 0.15) is 21.0 Å². The maximum Gasteiger partial charge on any atom is 0.199 e. The lowest BCUT2D eigenvalue weighted by atomic mass is 10.0. The Kier molecular flexibility index (Phi) is 1.40. The zero-order valence-corrected chi connectivity index (χ0v) is 10.4. The molecule has 0 saturated heterocycles. The van der Waals surface area contributed by atoms with E-state index in [9.17, 15) is 0 Å². The third-order valence-corrected chi connectivity index (χ3v) is 3.06. The maximum absolute atomic E-state index is 8.26. The highest BCUT2D eigenvalue weighted by Crippen LogP contribution is 2.23. The summed E-state index contributed by atoms with van der Waals surface area (Å²) >= 11 is 0. The lowest BCUT2D eigenvalue weighted by Gasteiger charge is -2.03. The van der Waals surface area contributed by atoms with Crippen LogP contribution in [0.4, 0.5) is 0 Å². The van der Waals surface area contributed by atoms with E-state index >= 15 is 0 Å². The third kappa shape index (κ3) is 1.86. The number of hydrogen-bond donors (Lipinski definition) is 0. The van der Waals surface area contributed by atoms with Gasteiger partial charge >= 0.3 is 0 Å². The molecule has 1 heterocycles. The molecule has 96 valence electrons. The fraction of sp³-hybridized carbons (Fsp3) is 0.0556. The molecule has 0 atom stereocenters. The summed E-state index contributed by atoms with van der Waals surface area (Å²) in [5.74, 6) is 0.274. The molecule has 0 radical (unpaired) electrons. The van der Waals surface area contributed by atoms with Crippen molar-refractivity contribution in [3.8, 4) is 0 Å². The van der Waals surface area contributed by atoms with Crippen LogP contribution in [0.15, 0.2) is 71.0 Å². The first-order chi connectivity index (χ1) is 12.8. The first-order valence-electron chi connectivity index (χ1n) is 9.64. The van der Waals surface area contributed by atoms with Crippen molar-refractivity contribution in [3.63, 3.8) is 0 Å². The van der Waals surface area contributed by atoms with Crippen LogP contribution in [-0.2, 0) is 6.42 Å². The number of nitrogens with zero attached hydrogens (tertiary/aromatic N) is 1. The van der Waals surface area contributed by atoms with Gasteiger partial charge in [-0.05, 0) is 28.5 Å². The fourth-order valence-corrected chi connectivity index (χ4v) is 2.14. The fourth-order valence-electron chi connectivity index (χ4n) is 2.14. The molecular formula is C18H13NO. The molecule has 0 aliphatic carbocycles. The van der Waals surface area contributed by atoms with Crippen molar-refractivity contribution in [2.24, 2.45) is 0 Å². The minimum atomic E-state index is -0.467. The standard InChI is InChI=1S/C18H13NO/c1-2-9-15-13(6-1)7-5-8-14(15)12-18-19-16-10-3-4-11-17(16)20-18/h1-11H,12H2/i1D,2D,5D,6D,7D,8D,9D. The third-order valence-electron chi connectivity index (χ3n) is 3.06. The van der Waals surface area contributed by atoms with Gasteiger partial charge in [-0.3, -0.25) is 0 Å². The summed E-state index contributed by atoms with van der Waals surface area (Å²) in [4.78, 5) is 4.35. The zero-order chi connectivity index (χ0) is 19.5. The van der Waals surface area contributed by atoms with Crippen molar-refractivity contribution >= 4 is 21.9 Å². The lowest BCUT2D eigenvalue weighted by Crippen LogP contribution is -1.89. The lowest BCUT2D eigenvalue weighted by molar-refractivity contribution is 0.544. The molecule has 3 aromatic carbocycles. The van der Waals surface area contributed by atoms with Crippen LogP contribution in [0.25, 0.3) is 21.9 Å². The molecule has 4 rings (SSSR count). The summed E-state index contributed by atoms with van der Waals surface area (Å²) in [6, 6.07) is 4.47. The quantitative estimate of drug-likeness (QED) is 0.531. The SMILES string of the molecule is [2H]c1c([2H])c([2H])c2c(Cc3nc4ccccc4o3)c([2H])c([2H])c([2H])c2c1[2H]. The zero-order valence-electron chi connectivity index (χ0n) is 17.4.